The van der Waals surface area contributed by atoms with Gasteiger partial charge in [0.15, 0.2) is 0 Å². The van der Waals surface area contributed by atoms with Crippen molar-refractivity contribution in [1.29, 1.82) is 0 Å². The van der Waals surface area contributed by atoms with E-state index < -0.39 is 0 Å². The highest BCUT2D eigenvalue weighted by Gasteiger charge is 2.20. The van der Waals surface area contributed by atoms with Crippen molar-refractivity contribution in [1.82, 2.24) is 5.32 Å². The van der Waals surface area contributed by atoms with Gasteiger partial charge < -0.3 is 15.3 Å². The minimum Gasteiger partial charge on any atom is -0.411 e. The molecule has 0 aromatic heterocycles. The van der Waals surface area contributed by atoms with Gasteiger partial charge in [-0.2, -0.15) is 0 Å². The second-order valence-corrected chi connectivity index (χ2v) is 3.66. The number of nitrogens with zero attached hydrogens (tertiary/aromatic N) is 1. The SMILES string of the molecule is CCN[C@H]1CC[C@H](OC/C=N/O)CC1. The molecule has 0 bridgehead atoms. The molecule has 0 radical (unpaired) electrons. The van der Waals surface area contributed by atoms with E-state index in [1.165, 1.54) is 19.1 Å². The third kappa shape index (κ3) is 4.07. The zero-order chi connectivity index (χ0) is 10.2. The molecule has 2 N–H and O–H groups in total. The van der Waals surface area contributed by atoms with Crippen LogP contribution >= 0.6 is 0 Å². The van der Waals surface area contributed by atoms with Crippen molar-refractivity contribution in [3.05, 3.63) is 0 Å². The largest absolute Gasteiger partial charge is 0.411 e. The van der Waals surface area contributed by atoms with Crippen LogP contribution in [0.25, 0.3) is 0 Å². The molecule has 14 heavy (non-hydrogen) atoms. The fraction of sp³-hybridized carbons (Fsp3) is 0.900. The summed E-state index contributed by atoms with van der Waals surface area (Å²) in [5.41, 5.74) is 0. The highest BCUT2D eigenvalue weighted by atomic mass is 16.5. The van der Waals surface area contributed by atoms with Gasteiger partial charge in [0.2, 0.25) is 0 Å². The fourth-order valence-electron chi connectivity index (χ4n) is 1.93. The summed E-state index contributed by atoms with van der Waals surface area (Å²) < 4.78 is 5.51. The normalized spacial score (nSPS) is 28.4. The molecule has 1 saturated carbocycles. The maximum atomic E-state index is 8.19. The van der Waals surface area contributed by atoms with Crippen molar-refractivity contribution in [2.45, 2.75) is 44.8 Å². The summed E-state index contributed by atoms with van der Waals surface area (Å²) in [4.78, 5) is 0. The highest BCUT2D eigenvalue weighted by molar-refractivity contribution is 5.57. The highest BCUT2D eigenvalue weighted by Crippen LogP contribution is 2.20. The molecule has 82 valence electrons. The van der Waals surface area contributed by atoms with Gasteiger partial charge in [0.25, 0.3) is 0 Å². The van der Waals surface area contributed by atoms with E-state index in [-0.39, 0.29) is 0 Å². The average molecular weight is 200 g/mol. The quantitative estimate of drug-likeness (QED) is 0.400. The maximum absolute atomic E-state index is 8.19. The van der Waals surface area contributed by atoms with E-state index in [9.17, 15) is 0 Å². The molecule has 1 aliphatic carbocycles. The molecule has 0 unspecified atom stereocenters. The molecule has 0 spiro atoms. The van der Waals surface area contributed by atoms with Gasteiger partial charge in [0, 0.05) is 6.04 Å². The van der Waals surface area contributed by atoms with Crippen molar-refractivity contribution >= 4 is 6.21 Å². The van der Waals surface area contributed by atoms with E-state index >= 15 is 0 Å². The Morgan fingerprint density at radius 1 is 1.43 bits per heavy atom. The van der Waals surface area contributed by atoms with Crippen LogP contribution in [0.4, 0.5) is 0 Å². The van der Waals surface area contributed by atoms with Gasteiger partial charge >= 0.3 is 0 Å². The number of nitrogens with one attached hydrogen (secondary N) is 1. The zero-order valence-electron chi connectivity index (χ0n) is 8.78. The van der Waals surface area contributed by atoms with E-state index in [1.54, 1.807) is 0 Å². The fourth-order valence-corrected chi connectivity index (χ4v) is 1.93. The molecule has 0 aliphatic heterocycles. The molecule has 0 heterocycles. The van der Waals surface area contributed by atoms with Crippen molar-refractivity contribution in [2.24, 2.45) is 5.16 Å². The Morgan fingerprint density at radius 3 is 2.71 bits per heavy atom. The van der Waals surface area contributed by atoms with Crippen molar-refractivity contribution < 1.29 is 9.94 Å². The lowest BCUT2D eigenvalue weighted by Crippen LogP contribution is -2.35. The average Bonchev–Trinajstić information content (AvgIpc) is 2.21. The summed E-state index contributed by atoms with van der Waals surface area (Å²) in [7, 11) is 0. The molecule has 0 aromatic carbocycles. The number of oxime groups is 1. The standard InChI is InChI=1S/C10H20N2O2/c1-2-11-9-3-5-10(6-4-9)14-8-7-12-13/h7,9-11,13H,2-6,8H2,1H3/b12-7+/t9-,10-. The summed E-state index contributed by atoms with van der Waals surface area (Å²) in [5.74, 6) is 0. The topological polar surface area (TPSA) is 53.8 Å². The van der Waals surface area contributed by atoms with Crippen LogP contribution in [0.3, 0.4) is 0 Å². The van der Waals surface area contributed by atoms with Gasteiger partial charge in [0.1, 0.15) is 0 Å². The van der Waals surface area contributed by atoms with E-state index in [0.717, 1.165) is 19.4 Å². The number of rotatable bonds is 5. The number of hydrogen-bond donors (Lipinski definition) is 2. The molecular weight excluding hydrogens is 180 g/mol. The number of hydrogen-bond acceptors (Lipinski definition) is 4. The second-order valence-electron chi connectivity index (χ2n) is 3.66. The monoisotopic (exact) mass is 200 g/mol. The Morgan fingerprint density at radius 2 is 2.14 bits per heavy atom. The Balaban J connectivity index is 2.09. The lowest BCUT2D eigenvalue weighted by molar-refractivity contribution is 0.0464. The Hall–Kier alpha value is -0.610. The van der Waals surface area contributed by atoms with Crippen LogP contribution in [-0.2, 0) is 4.74 Å². The molecule has 1 aliphatic rings. The van der Waals surface area contributed by atoms with E-state index in [0.29, 0.717) is 18.8 Å². The molecule has 0 saturated heterocycles. The summed E-state index contributed by atoms with van der Waals surface area (Å²) in [5, 5.41) is 14.5. The molecule has 1 rings (SSSR count). The van der Waals surface area contributed by atoms with Crippen LogP contribution in [0.2, 0.25) is 0 Å². The third-order valence-electron chi connectivity index (χ3n) is 2.66. The molecular formula is C10H20N2O2. The van der Waals surface area contributed by atoms with E-state index in [2.05, 4.69) is 17.4 Å². The second kappa shape index (κ2) is 6.79. The Labute approximate surface area is 85.3 Å². The van der Waals surface area contributed by atoms with Crippen molar-refractivity contribution in [2.75, 3.05) is 13.2 Å². The number of ether oxygens (including phenoxy) is 1. The summed E-state index contributed by atoms with van der Waals surface area (Å²) in [6, 6.07) is 0.673. The van der Waals surface area contributed by atoms with Gasteiger partial charge in [-0.25, -0.2) is 0 Å². The van der Waals surface area contributed by atoms with Crippen LogP contribution in [0.15, 0.2) is 5.16 Å². The van der Waals surface area contributed by atoms with Crippen LogP contribution in [0.1, 0.15) is 32.6 Å². The Bertz CT molecular complexity index is 166. The van der Waals surface area contributed by atoms with Gasteiger partial charge in [-0.1, -0.05) is 12.1 Å². The first-order chi connectivity index (χ1) is 6.86. The van der Waals surface area contributed by atoms with Gasteiger partial charge in [-0.15, -0.1) is 0 Å². The first-order valence-corrected chi connectivity index (χ1v) is 5.37. The van der Waals surface area contributed by atoms with Gasteiger partial charge in [-0.05, 0) is 32.2 Å². The van der Waals surface area contributed by atoms with Crippen LogP contribution < -0.4 is 5.32 Å². The van der Waals surface area contributed by atoms with E-state index in [1.807, 2.05) is 0 Å². The summed E-state index contributed by atoms with van der Waals surface area (Å²) in [6.45, 7) is 3.61. The third-order valence-corrected chi connectivity index (χ3v) is 2.66. The predicted molar refractivity (Wildman–Crippen MR) is 56.0 cm³/mol. The van der Waals surface area contributed by atoms with Crippen molar-refractivity contribution in [3.8, 4) is 0 Å². The van der Waals surface area contributed by atoms with Crippen molar-refractivity contribution in [3.63, 3.8) is 0 Å². The van der Waals surface area contributed by atoms with Crippen LogP contribution in [-0.4, -0.2) is 36.7 Å². The lowest BCUT2D eigenvalue weighted by Gasteiger charge is -2.28. The molecule has 0 amide bonds. The molecule has 0 aromatic rings. The van der Waals surface area contributed by atoms with Crippen LogP contribution in [0.5, 0.6) is 0 Å². The van der Waals surface area contributed by atoms with Crippen LogP contribution in [0, 0.1) is 0 Å². The minimum atomic E-state index is 0.350. The smallest absolute Gasteiger partial charge is 0.0855 e. The first-order valence-electron chi connectivity index (χ1n) is 5.37. The van der Waals surface area contributed by atoms with E-state index in [4.69, 9.17) is 9.94 Å². The maximum Gasteiger partial charge on any atom is 0.0855 e. The predicted octanol–water partition coefficient (Wildman–Crippen LogP) is 1.38. The molecule has 4 nitrogen and oxygen atoms in total. The van der Waals surface area contributed by atoms with Gasteiger partial charge in [-0.3, -0.25) is 0 Å². The zero-order valence-corrected chi connectivity index (χ0v) is 8.78. The summed E-state index contributed by atoms with van der Waals surface area (Å²) in [6.07, 6.45) is 6.33. The molecule has 0 atom stereocenters. The molecule has 1 fully saturated rings. The minimum absolute atomic E-state index is 0.350. The molecule has 4 heteroatoms. The van der Waals surface area contributed by atoms with Gasteiger partial charge in [0.05, 0.1) is 18.9 Å². The Kier molecular flexibility index (Phi) is 5.56. The lowest BCUT2D eigenvalue weighted by atomic mass is 9.93. The summed E-state index contributed by atoms with van der Waals surface area (Å²) >= 11 is 0. The first kappa shape index (κ1) is 11.5.